The summed E-state index contributed by atoms with van der Waals surface area (Å²) in [7, 11) is 0. The quantitative estimate of drug-likeness (QED) is 0.614. The molecule has 1 aromatic rings. The summed E-state index contributed by atoms with van der Waals surface area (Å²) in [6.45, 7) is 12.3. The van der Waals surface area contributed by atoms with Gasteiger partial charge in [-0.1, -0.05) is 38.1 Å². The molecule has 2 N–H and O–H groups in total. The number of guanidine groups is 1. The highest BCUT2D eigenvalue weighted by Gasteiger charge is 2.26. The second-order valence-corrected chi connectivity index (χ2v) is 7.15. The Morgan fingerprint density at radius 1 is 1.40 bits per heavy atom. The molecule has 1 heterocycles. The number of aryl methyl sites for hydroxylation is 1. The first-order valence-electron chi connectivity index (χ1n) is 9.34. The van der Waals surface area contributed by atoms with Crippen molar-refractivity contribution >= 4 is 5.96 Å². The van der Waals surface area contributed by atoms with Gasteiger partial charge in [-0.2, -0.15) is 0 Å². The summed E-state index contributed by atoms with van der Waals surface area (Å²) < 4.78 is 6.03. The van der Waals surface area contributed by atoms with E-state index in [2.05, 4.69) is 62.2 Å². The van der Waals surface area contributed by atoms with Crippen molar-refractivity contribution in [2.75, 3.05) is 39.4 Å². The fourth-order valence-electron chi connectivity index (χ4n) is 2.94. The third kappa shape index (κ3) is 5.19. The maximum Gasteiger partial charge on any atom is 0.194 e. The number of nitrogens with one attached hydrogen (secondary N) is 1. The predicted octanol–water partition coefficient (Wildman–Crippen LogP) is 2.74. The molecule has 2 atom stereocenters. The van der Waals surface area contributed by atoms with Gasteiger partial charge in [0.2, 0.25) is 0 Å². The molecule has 2 unspecified atom stereocenters. The Kier molecular flexibility index (Phi) is 7.26. The maximum atomic E-state index is 9.64. The molecule has 0 saturated carbocycles. The van der Waals surface area contributed by atoms with E-state index >= 15 is 0 Å². The van der Waals surface area contributed by atoms with E-state index in [9.17, 15) is 5.11 Å². The zero-order valence-corrected chi connectivity index (χ0v) is 16.1. The molecule has 140 valence electrons. The Morgan fingerprint density at radius 3 is 2.80 bits per heavy atom. The van der Waals surface area contributed by atoms with Crippen molar-refractivity contribution in [2.24, 2.45) is 10.4 Å². The van der Waals surface area contributed by atoms with Crippen molar-refractivity contribution in [3.05, 3.63) is 35.4 Å². The number of hydrogen-bond donors (Lipinski definition) is 2. The van der Waals surface area contributed by atoms with E-state index in [1.54, 1.807) is 0 Å². The average Bonchev–Trinajstić information content (AvgIpc) is 2.65. The van der Waals surface area contributed by atoms with Crippen LogP contribution in [-0.2, 0) is 4.74 Å². The summed E-state index contributed by atoms with van der Waals surface area (Å²) in [6, 6.07) is 8.40. The highest BCUT2D eigenvalue weighted by Crippen LogP contribution is 2.25. The number of morpholine rings is 1. The molecule has 1 aliphatic rings. The lowest BCUT2D eigenvalue weighted by Gasteiger charge is -2.36. The van der Waals surface area contributed by atoms with E-state index in [-0.39, 0.29) is 18.1 Å². The van der Waals surface area contributed by atoms with Gasteiger partial charge in [0.25, 0.3) is 0 Å². The first kappa shape index (κ1) is 19.7. The number of nitrogens with zero attached hydrogens (tertiary/aromatic N) is 2. The van der Waals surface area contributed by atoms with Gasteiger partial charge in [-0.3, -0.25) is 4.99 Å². The van der Waals surface area contributed by atoms with Crippen LogP contribution < -0.4 is 5.32 Å². The van der Waals surface area contributed by atoms with E-state index in [0.29, 0.717) is 13.2 Å². The standard InChI is InChI=1S/C20H33N3O2/c1-5-20(4,15-24)14-22-19(21-6-2)23-11-12-25-18(13-23)17-10-8-7-9-16(17)3/h7-10,18,24H,5-6,11-15H2,1-4H3,(H,21,22). The number of aliphatic hydroxyl groups is 1. The molecule has 1 aliphatic heterocycles. The topological polar surface area (TPSA) is 57.1 Å². The van der Waals surface area contributed by atoms with E-state index in [1.165, 1.54) is 11.1 Å². The molecule has 25 heavy (non-hydrogen) atoms. The Bertz CT molecular complexity index is 570. The van der Waals surface area contributed by atoms with Gasteiger partial charge in [0, 0.05) is 18.5 Å². The lowest BCUT2D eigenvalue weighted by Crippen LogP contribution is -2.48. The van der Waals surface area contributed by atoms with Crippen LogP contribution in [0.4, 0.5) is 0 Å². The molecule has 0 spiro atoms. The molecule has 1 aromatic carbocycles. The molecule has 5 nitrogen and oxygen atoms in total. The van der Waals surface area contributed by atoms with Gasteiger partial charge < -0.3 is 20.1 Å². The molecule has 0 bridgehead atoms. The Morgan fingerprint density at radius 2 is 2.16 bits per heavy atom. The second-order valence-electron chi connectivity index (χ2n) is 7.15. The average molecular weight is 348 g/mol. The fraction of sp³-hybridized carbons (Fsp3) is 0.650. The Labute approximate surface area is 152 Å². The minimum Gasteiger partial charge on any atom is -0.396 e. The maximum absolute atomic E-state index is 9.64. The van der Waals surface area contributed by atoms with Crippen LogP contribution in [0, 0.1) is 12.3 Å². The van der Waals surface area contributed by atoms with Crippen LogP contribution in [0.3, 0.4) is 0 Å². The van der Waals surface area contributed by atoms with Gasteiger partial charge in [0.05, 0.1) is 26.3 Å². The summed E-state index contributed by atoms with van der Waals surface area (Å²) in [6.07, 6.45) is 0.968. The summed E-state index contributed by atoms with van der Waals surface area (Å²) in [5, 5.41) is 13.0. The van der Waals surface area contributed by atoms with Gasteiger partial charge in [-0.15, -0.1) is 0 Å². The largest absolute Gasteiger partial charge is 0.396 e. The molecule has 5 heteroatoms. The lowest BCUT2D eigenvalue weighted by atomic mass is 9.89. The molecule has 0 amide bonds. The van der Waals surface area contributed by atoms with Crippen LogP contribution in [0.2, 0.25) is 0 Å². The second kappa shape index (κ2) is 9.20. The van der Waals surface area contributed by atoms with Crippen molar-refractivity contribution in [1.29, 1.82) is 0 Å². The van der Waals surface area contributed by atoms with Crippen LogP contribution in [0.25, 0.3) is 0 Å². The van der Waals surface area contributed by atoms with E-state index < -0.39 is 0 Å². The van der Waals surface area contributed by atoms with E-state index in [0.717, 1.165) is 32.0 Å². The summed E-state index contributed by atoms with van der Waals surface area (Å²) >= 11 is 0. The smallest absolute Gasteiger partial charge is 0.194 e. The lowest BCUT2D eigenvalue weighted by molar-refractivity contribution is -0.00843. The number of ether oxygens (including phenoxy) is 1. The van der Waals surface area contributed by atoms with Crippen molar-refractivity contribution in [3.8, 4) is 0 Å². The van der Waals surface area contributed by atoms with Crippen LogP contribution >= 0.6 is 0 Å². The van der Waals surface area contributed by atoms with E-state index in [4.69, 9.17) is 9.73 Å². The SMILES string of the molecule is CCNC(=NCC(C)(CC)CO)N1CCOC(c2ccccc2C)C1. The van der Waals surface area contributed by atoms with Gasteiger partial charge >= 0.3 is 0 Å². The van der Waals surface area contributed by atoms with Crippen molar-refractivity contribution in [1.82, 2.24) is 10.2 Å². The molecule has 2 rings (SSSR count). The van der Waals surface area contributed by atoms with Crippen LogP contribution in [0.5, 0.6) is 0 Å². The predicted molar refractivity (Wildman–Crippen MR) is 103 cm³/mol. The molecule has 1 saturated heterocycles. The number of aliphatic imine (C=N–C) groups is 1. The van der Waals surface area contributed by atoms with Gasteiger partial charge in [-0.05, 0) is 31.4 Å². The van der Waals surface area contributed by atoms with Crippen LogP contribution in [-0.4, -0.2) is 55.4 Å². The number of benzene rings is 1. The third-order valence-electron chi connectivity index (χ3n) is 5.08. The highest BCUT2D eigenvalue weighted by atomic mass is 16.5. The first-order chi connectivity index (χ1) is 12.0. The minimum absolute atomic E-state index is 0.0641. The first-order valence-corrected chi connectivity index (χ1v) is 9.34. The zero-order valence-electron chi connectivity index (χ0n) is 16.1. The van der Waals surface area contributed by atoms with Crippen LogP contribution in [0.15, 0.2) is 29.3 Å². The molecule has 0 radical (unpaired) electrons. The molecule has 0 aliphatic carbocycles. The molecular formula is C20H33N3O2. The van der Waals surface area contributed by atoms with Crippen molar-refractivity contribution in [2.45, 2.75) is 40.2 Å². The zero-order chi connectivity index (χ0) is 18.3. The Hall–Kier alpha value is -1.59. The molecule has 1 fully saturated rings. The number of rotatable bonds is 6. The minimum atomic E-state index is -0.164. The highest BCUT2D eigenvalue weighted by molar-refractivity contribution is 5.80. The normalized spacial score (nSPS) is 21.1. The van der Waals surface area contributed by atoms with Gasteiger partial charge in [0.15, 0.2) is 5.96 Å². The summed E-state index contributed by atoms with van der Waals surface area (Å²) in [5.41, 5.74) is 2.34. The molecule has 0 aromatic heterocycles. The van der Waals surface area contributed by atoms with Gasteiger partial charge in [-0.25, -0.2) is 0 Å². The monoisotopic (exact) mass is 347 g/mol. The van der Waals surface area contributed by atoms with Crippen molar-refractivity contribution in [3.63, 3.8) is 0 Å². The summed E-state index contributed by atoms with van der Waals surface area (Å²) in [4.78, 5) is 7.09. The van der Waals surface area contributed by atoms with Crippen molar-refractivity contribution < 1.29 is 9.84 Å². The Balaban J connectivity index is 2.14. The fourth-order valence-corrected chi connectivity index (χ4v) is 2.94. The number of aliphatic hydroxyl groups excluding tert-OH is 1. The summed E-state index contributed by atoms with van der Waals surface area (Å²) in [5.74, 6) is 0.914. The number of hydrogen-bond acceptors (Lipinski definition) is 3. The van der Waals surface area contributed by atoms with E-state index in [1.807, 2.05) is 0 Å². The van der Waals surface area contributed by atoms with Crippen LogP contribution in [0.1, 0.15) is 44.4 Å². The van der Waals surface area contributed by atoms with Gasteiger partial charge in [0.1, 0.15) is 6.10 Å². The third-order valence-corrected chi connectivity index (χ3v) is 5.08. The molecular weight excluding hydrogens is 314 g/mol.